The molecule has 0 aromatic heterocycles. The lowest BCUT2D eigenvalue weighted by atomic mass is 9.84. The lowest BCUT2D eigenvalue weighted by Gasteiger charge is -2.21. The maximum atomic E-state index is 11.8. The van der Waals surface area contributed by atoms with Crippen molar-refractivity contribution in [1.82, 2.24) is 0 Å². The SMILES string of the molecule is CCC(CN)CC(=O)CC1CCCCC1. The number of hydrogen-bond donors (Lipinski definition) is 1. The molecule has 1 atom stereocenters. The molecule has 0 aromatic rings. The Balaban J connectivity index is 2.21. The summed E-state index contributed by atoms with van der Waals surface area (Å²) in [7, 11) is 0. The van der Waals surface area contributed by atoms with Gasteiger partial charge in [-0.1, -0.05) is 45.4 Å². The van der Waals surface area contributed by atoms with Gasteiger partial charge in [0.25, 0.3) is 0 Å². The Labute approximate surface area is 93.6 Å². The first-order valence-electron chi connectivity index (χ1n) is 6.48. The molecule has 2 heteroatoms. The van der Waals surface area contributed by atoms with E-state index in [1.165, 1.54) is 32.1 Å². The maximum absolute atomic E-state index is 11.8. The molecule has 0 spiro atoms. The molecule has 1 fully saturated rings. The van der Waals surface area contributed by atoms with Crippen LogP contribution < -0.4 is 5.73 Å². The van der Waals surface area contributed by atoms with Gasteiger partial charge in [-0.2, -0.15) is 0 Å². The second-order valence-electron chi connectivity index (χ2n) is 4.96. The smallest absolute Gasteiger partial charge is 0.133 e. The number of ketones is 1. The molecule has 1 saturated carbocycles. The maximum Gasteiger partial charge on any atom is 0.133 e. The van der Waals surface area contributed by atoms with Gasteiger partial charge in [0.15, 0.2) is 0 Å². The molecule has 0 aliphatic heterocycles. The van der Waals surface area contributed by atoms with Crippen LogP contribution in [0.15, 0.2) is 0 Å². The van der Waals surface area contributed by atoms with Crippen LogP contribution in [0.5, 0.6) is 0 Å². The summed E-state index contributed by atoms with van der Waals surface area (Å²) in [5, 5.41) is 0. The van der Waals surface area contributed by atoms with Gasteiger partial charge in [0.05, 0.1) is 0 Å². The summed E-state index contributed by atoms with van der Waals surface area (Å²) in [4.78, 5) is 11.8. The van der Waals surface area contributed by atoms with Gasteiger partial charge in [-0.3, -0.25) is 4.79 Å². The van der Waals surface area contributed by atoms with Crippen molar-refractivity contribution in [3.8, 4) is 0 Å². The summed E-state index contributed by atoms with van der Waals surface area (Å²) in [6.07, 6.45) is 9.12. The summed E-state index contributed by atoms with van der Waals surface area (Å²) in [5.41, 5.74) is 5.61. The van der Waals surface area contributed by atoms with Crippen molar-refractivity contribution in [1.29, 1.82) is 0 Å². The zero-order valence-corrected chi connectivity index (χ0v) is 10.0. The predicted molar refractivity (Wildman–Crippen MR) is 63.7 cm³/mol. The van der Waals surface area contributed by atoms with Crippen molar-refractivity contribution in [2.24, 2.45) is 17.6 Å². The Kier molecular flexibility index (Phi) is 5.92. The Morgan fingerprint density at radius 2 is 2.00 bits per heavy atom. The molecule has 15 heavy (non-hydrogen) atoms. The summed E-state index contributed by atoms with van der Waals surface area (Å²) in [6, 6.07) is 0. The zero-order chi connectivity index (χ0) is 11.1. The monoisotopic (exact) mass is 211 g/mol. The van der Waals surface area contributed by atoms with E-state index >= 15 is 0 Å². The van der Waals surface area contributed by atoms with Crippen molar-refractivity contribution in [3.63, 3.8) is 0 Å². The van der Waals surface area contributed by atoms with Crippen LogP contribution >= 0.6 is 0 Å². The van der Waals surface area contributed by atoms with Crippen LogP contribution in [0, 0.1) is 11.8 Å². The van der Waals surface area contributed by atoms with Gasteiger partial charge in [-0.05, 0) is 18.4 Å². The Morgan fingerprint density at radius 1 is 1.33 bits per heavy atom. The van der Waals surface area contributed by atoms with Crippen LogP contribution in [-0.4, -0.2) is 12.3 Å². The van der Waals surface area contributed by atoms with Crippen LogP contribution in [0.2, 0.25) is 0 Å². The second kappa shape index (κ2) is 7.00. The second-order valence-corrected chi connectivity index (χ2v) is 4.96. The first-order chi connectivity index (χ1) is 7.26. The van der Waals surface area contributed by atoms with Crippen LogP contribution in [0.25, 0.3) is 0 Å². The molecule has 1 aliphatic carbocycles. The summed E-state index contributed by atoms with van der Waals surface area (Å²) in [6.45, 7) is 2.78. The quantitative estimate of drug-likeness (QED) is 0.734. The average Bonchev–Trinajstić information content (AvgIpc) is 2.27. The Hall–Kier alpha value is -0.370. The summed E-state index contributed by atoms with van der Waals surface area (Å²) in [5.74, 6) is 1.54. The van der Waals surface area contributed by atoms with E-state index in [1.54, 1.807) is 0 Å². The van der Waals surface area contributed by atoms with E-state index in [4.69, 9.17) is 5.73 Å². The minimum atomic E-state index is 0.418. The molecular weight excluding hydrogens is 186 g/mol. The van der Waals surface area contributed by atoms with Gasteiger partial charge >= 0.3 is 0 Å². The Morgan fingerprint density at radius 3 is 2.53 bits per heavy atom. The molecular formula is C13H25NO. The minimum Gasteiger partial charge on any atom is -0.330 e. The number of Topliss-reactive ketones (excluding diaryl/α,β-unsaturated/α-hetero) is 1. The van der Waals surface area contributed by atoms with E-state index in [2.05, 4.69) is 6.92 Å². The first kappa shape index (κ1) is 12.7. The van der Waals surface area contributed by atoms with Gasteiger partial charge in [-0.15, -0.1) is 0 Å². The standard InChI is InChI=1S/C13H25NO/c1-2-11(10-14)8-13(15)9-12-6-4-3-5-7-12/h11-12H,2-10,14H2,1H3. The molecule has 1 unspecified atom stereocenters. The van der Waals surface area contributed by atoms with Crippen molar-refractivity contribution in [3.05, 3.63) is 0 Å². The van der Waals surface area contributed by atoms with Crippen LogP contribution in [0.3, 0.4) is 0 Å². The lowest BCUT2D eigenvalue weighted by molar-refractivity contribution is -0.121. The minimum absolute atomic E-state index is 0.418. The first-order valence-corrected chi connectivity index (χ1v) is 6.48. The number of carbonyl (C=O) groups excluding carboxylic acids is 1. The number of hydrogen-bond acceptors (Lipinski definition) is 2. The van der Waals surface area contributed by atoms with E-state index in [0.29, 0.717) is 30.6 Å². The predicted octanol–water partition coefficient (Wildman–Crippen LogP) is 2.90. The van der Waals surface area contributed by atoms with E-state index < -0.39 is 0 Å². The largest absolute Gasteiger partial charge is 0.330 e. The van der Waals surface area contributed by atoms with Gasteiger partial charge in [0, 0.05) is 12.8 Å². The number of nitrogens with two attached hydrogens (primary N) is 1. The molecule has 88 valence electrons. The van der Waals surface area contributed by atoms with Gasteiger partial charge in [0.2, 0.25) is 0 Å². The molecule has 2 N–H and O–H groups in total. The normalized spacial score (nSPS) is 20.1. The van der Waals surface area contributed by atoms with Crippen LogP contribution in [0.4, 0.5) is 0 Å². The van der Waals surface area contributed by atoms with Crippen LogP contribution in [0.1, 0.15) is 58.3 Å². The molecule has 1 aliphatic rings. The fourth-order valence-electron chi connectivity index (χ4n) is 2.51. The van der Waals surface area contributed by atoms with Gasteiger partial charge in [0.1, 0.15) is 5.78 Å². The topological polar surface area (TPSA) is 43.1 Å². The highest BCUT2D eigenvalue weighted by Gasteiger charge is 2.18. The van der Waals surface area contributed by atoms with Crippen LogP contribution in [-0.2, 0) is 4.79 Å². The molecule has 0 heterocycles. The Bertz CT molecular complexity index is 181. The van der Waals surface area contributed by atoms with E-state index in [-0.39, 0.29) is 0 Å². The molecule has 0 bridgehead atoms. The van der Waals surface area contributed by atoms with Gasteiger partial charge < -0.3 is 5.73 Å². The van der Waals surface area contributed by atoms with Gasteiger partial charge in [-0.25, -0.2) is 0 Å². The molecule has 2 nitrogen and oxygen atoms in total. The molecule has 0 saturated heterocycles. The van der Waals surface area contributed by atoms with Crippen molar-refractivity contribution in [2.75, 3.05) is 6.54 Å². The third kappa shape index (κ3) is 4.78. The summed E-state index contributed by atoms with van der Waals surface area (Å²) < 4.78 is 0. The number of carbonyl (C=O) groups is 1. The van der Waals surface area contributed by atoms with E-state index in [0.717, 1.165) is 12.8 Å². The van der Waals surface area contributed by atoms with Crippen molar-refractivity contribution in [2.45, 2.75) is 58.3 Å². The molecule has 0 radical (unpaired) electrons. The fraction of sp³-hybridized carbons (Fsp3) is 0.923. The molecule has 0 amide bonds. The highest BCUT2D eigenvalue weighted by Crippen LogP contribution is 2.27. The number of rotatable bonds is 6. The lowest BCUT2D eigenvalue weighted by Crippen LogP contribution is -2.19. The molecule has 0 aromatic carbocycles. The van der Waals surface area contributed by atoms with E-state index in [9.17, 15) is 4.79 Å². The molecule has 1 rings (SSSR count). The zero-order valence-electron chi connectivity index (χ0n) is 10.0. The van der Waals surface area contributed by atoms with Crippen molar-refractivity contribution >= 4 is 5.78 Å². The third-order valence-corrected chi connectivity index (χ3v) is 3.67. The highest BCUT2D eigenvalue weighted by molar-refractivity contribution is 5.78. The van der Waals surface area contributed by atoms with Crippen molar-refractivity contribution < 1.29 is 4.79 Å². The highest BCUT2D eigenvalue weighted by atomic mass is 16.1. The summed E-state index contributed by atoms with van der Waals surface area (Å²) >= 11 is 0. The fourth-order valence-corrected chi connectivity index (χ4v) is 2.51. The van der Waals surface area contributed by atoms with E-state index in [1.807, 2.05) is 0 Å². The average molecular weight is 211 g/mol. The third-order valence-electron chi connectivity index (χ3n) is 3.67.